The molecule has 128 valence electrons. The van der Waals surface area contributed by atoms with E-state index in [1.54, 1.807) is 6.20 Å². The molecule has 1 aliphatic carbocycles. The second-order valence-electron chi connectivity index (χ2n) is 6.64. The molecule has 0 radical (unpaired) electrons. The van der Waals surface area contributed by atoms with Crippen molar-refractivity contribution >= 4 is 5.82 Å². The molecular weight excluding hydrogens is 305 g/mol. The minimum absolute atomic E-state index is 0.0258. The lowest BCUT2D eigenvalue weighted by molar-refractivity contribution is -0.183. The maximum Gasteiger partial charge on any atom is 0.391 e. The molecular formula is C16H23F3N4. The molecule has 0 unspecified atom stereocenters. The van der Waals surface area contributed by atoms with E-state index in [1.165, 1.54) is 0 Å². The third kappa shape index (κ3) is 4.34. The fourth-order valence-corrected chi connectivity index (χ4v) is 3.76. The number of anilines is 1. The Balaban J connectivity index is 1.55. The summed E-state index contributed by atoms with van der Waals surface area (Å²) in [5.41, 5.74) is 0. The van der Waals surface area contributed by atoms with Gasteiger partial charge in [-0.05, 0) is 44.2 Å². The molecule has 1 N–H and O–H groups in total. The molecule has 2 fully saturated rings. The number of rotatable bonds is 3. The van der Waals surface area contributed by atoms with Gasteiger partial charge in [0.25, 0.3) is 0 Å². The zero-order chi connectivity index (χ0) is 16.3. The van der Waals surface area contributed by atoms with Crippen LogP contribution < -0.4 is 10.2 Å². The van der Waals surface area contributed by atoms with Crippen molar-refractivity contribution in [3.63, 3.8) is 0 Å². The maximum atomic E-state index is 12.9. The average Bonchev–Trinajstić information content (AvgIpc) is 2.55. The van der Waals surface area contributed by atoms with Crippen LogP contribution >= 0.6 is 0 Å². The van der Waals surface area contributed by atoms with Crippen LogP contribution in [0.1, 0.15) is 38.5 Å². The number of nitrogens with zero attached hydrogens (tertiary/aromatic N) is 3. The molecule has 1 saturated heterocycles. The van der Waals surface area contributed by atoms with Gasteiger partial charge in [0.05, 0.1) is 5.92 Å². The molecule has 3 rings (SSSR count). The standard InChI is InChI=1S/C16H23F3N4/c17-16(18,19)12-4-1-5-13(10-12)21-14-6-3-9-23(11-14)15-7-2-8-20-22-15/h2,7-8,12-14,21H,1,3-6,9-11H2/t12-,13-,14+/m1/s1. The molecule has 4 nitrogen and oxygen atoms in total. The van der Waals surface area contributed by atoms with Crippen molar-refractivity contribution in [3.8, 4) is 0 Å². The average molecular weight is 328 g/mol. The Hall–Kier alpha value is -1.37. The molecule has 1 aromatic heterocycles. The Morgan fingerprint density at radius 1 is 1.13 bits per heavy atom. The van der Waals surface area contributed by atoms with E-state index in [9.17, 15) is 13.2 Å². The molecule has 0 amide bonds. The van der Waals surface area contributed by atoms with E-state index in [4.69, 9.17) is 0 Å². The molecule has 0 spiro atoms. The van der Waals surface area contributed by atoms with Crippen molar-refractivity contribution in [2.75, 3.05) is 18.0 Å². The van der Waals surface area contributed by atoms with Crippen LogP contribution in [0, 0.1) is 5.92 Å². The Kier molecular flexibility index (Phi) is 5.04. The van der Waals surface area contributed by atoms with Gasteiger partial charge in [0.15, 0.2) is 5.82 Å². The number of hydrogen-bond acceptors (Lipinski definition) is 4. The van der Waals surface area contributed by atoms with Gasteiger partial charge in [-0.25, -0.2) is 0 Å². The van der Waals surface area contributed by atoms with Gasteiger partial charge in [0.1, 0.15) is 0 Å². The molecule has 23 heavy (non-hydrogen) atoms. The summed E-state index contributed by atoms with van der Waals surface area (Å²) >= 11 is 0. The van der Waals surface area contributed by atoms with E-state index in [2.05, 4.69) is 20.4 Å². The third-order valence-corrected chi connectivity index (χ3v) is 4.91. The Bertz CT molecular complexity index is 494. The van der Waals surface area contributed by atoms with Gasteiger partial charge < -0.3 is 10.2 Å². The highest BCUT2D eigenvalue weighted by atomic mass is 19.4. The molecule has 1 aliphatic heterocycles. The SMILES string of the molecule is FC(F)(F)[C@@H]1CCC[C@@H](N[C@H]2CCCN(c3cccnn3)C2)C1. The van der Waals surface area contributed by atoms with Crippen LogP contribution in [-0.2, 0) is 0 Å². The van der Waals surface area contributed by atoms with Crippen molar-refractivity contribution < 1.29 is 13.2 Å². The molecule has 0 bridgehead atoms. The third-order valence-electron chi connectivity index (χ3n) is 4.91. The fourth-order valence-electron chi connectivity index (χ4n) is 3.76. The fraction of sp³-hybridized carbons (Fsp3) is 0.750. The second-order valence-corrected chi connectivity index (χ2v) is 6.64. The summed E-state index contributed by atoms with van der Waals surface area (Å²) in [7, 11) is 0. The highest BCUT2D eigenvalue weighted by molar-refractivity contribution is 5.37. The van der Waals surface area contributed by atoms with Gasteiger partial charge in [-0.3, -0.25) is 0 Å². The summed E-state index contributed by atoms with van der Waals surface area (Å²) in [6.45, 7) is 1.71. The van der Waals surface area contributed by atoms with Gasteiger partial charge in [0, 0.05) is 31.4 Å². The lowest BCUT2D eigenvalue weighted by Crippen LogP contribution is -2.51. The van der Waals surface area contributed by atoms with Gasteiger partial charge in [-0.15, -0.1) is 5.10 Å². The van der Waals surface area contributed by atoms with Crippen LogP contribution in [0.25, 0.3) is 0 Å². The highest BCUT2D eigenvalue weighted by Crippen LogP contribution is 2.37. The summed E-state index contributed by atoms with van der Waals surface area (Å²) in [6.07, 6.45) is 1.59. The van der Waals surface area contributed by atoms with E-state index in [-0.39, 0.29) is 24.9 Å². The van der Waals surface area contributed by atoms with Crippen LogP contribution in [0.5, 0.6) is 0 Å². The van der Waals surface area contributed by atoms with Crippen molar-refractivity contribution in [1.29, 1.82) is 0 Å². The first-order chi connectivity index (χ1) is 11.0. The number of hydrogen-bond donors (Lipinski definition) is 1. The van der Waals surface area contributed by atoms with Crippen molar-refractivity contribution in [2.24, 2.45) is 5.92 Å². The van der Waals surface area contributed by atoms with E-state index in [0.717, 1.165) is 38.2 Å². The second kappa shape index (κ2) is 7.03. The van der Waals surface area contributed by atoms with E-state index >= 15 is 0 Å². The largest absolute Gasteiger partial charge is 0.391 e. The maximum absolute atomic E-state index is 12.9. The van der Waals surface area contributed by atoms with E-state index in [0.29, 0.717) is 6.42 Å². The molecule has 1 saturated carbocycles. The van der Waals surface area contributed by atoms with E-state index in [1.807, 2.05) is 12.1 Å². The highest BCUT2D eigenvalue weighted by Gasteiger charge is 2.42. The summed E-state index contributed by atoms with van der Waals surface area (Å²) in [5.74, 6) is -0.302. The van der Waals surface area contributed by atoms with E-state index < -0.39 is 12.1 Å². The number of nitrogens with one attached hydrogen (secondary N) is 1. The normalized spacial score (nSPS) is 29.5. The van der Waals surface area contributed by atoms with Crippen molar-refractivity contribution in [3.05, 3.63) is 18.3 Å². The number of aromatic nitrogens is 2. The van der Waals surface area contributed by atoms with Crippen LogP contribution in [0.3, 0.4) is 0 Å². The van der Waals surface area contributed by atoms with Gasteiger partial charge >= 0.3 is 6.18 Å². The monoisotopic (exact) mass is 328 g/mol. The van der Waals surface area contributed by atoms with Crippen molar-refractivity contribution in [1.82, 2.24) is 15.5 Å². The quantitative estimate of drug-likeness (QED) is 0.925. The van der Waals surface area contributed by atoms with Gasteiger partial charge in [-0.1, -0.05) is 6.42 Å². The lowest BCUT2D eigenvalue weighted by atomic mass is 9.84. The summed E-state index contributed by atoms with van der Waals surface area (Å²) in [4.78, 5) is 2.16. The van der Waals surface area contributed by atoms with Crippen LogP contribution in [0.15, 0.2) is 18.3 Å². The lowest BCUT2D eigenvalue weighted by Gasteiger charge is -2.38. The Morgan fingerprint density at radius 2 is 1.96 bits per heavy atom. The predicted octanol–water partition coefficient (Wildman–Crippen LogP) is 3.16. The zero-order valence-electron chi connectivity index (χ0n) is 13.1. The summed E-state index contributed by atoms with van der Waals surface area (Å²) < 4.78 is 38.8. The molecule has 2 heterocycles. The first kappa shape index (κ1) is 16.5. The molecule has 3 atom stereocenters. The number of piperidine rings is 1. The van der Waals surface area contributed by atoms with Gasteiger partial charge in [0.2, 0.25) is 0 Å². The Morgan fingerprint density at radius 3 is 2.70 bits per heavy atom. The predicted molar refractivity (Wildman–Crippen MR) is 82.2 cm³/mol. The van der Waals surface area contributed by atoms with Crippen LogP contribution in [0.2, 0.25) is 0 Å². The van der Waals surface area contributed by atoms with Crippen molar-refractivity contribution in [2.45, 2.75) is 56.8 Å². The molecule has 2 aliphatic rings. The van der Waals surface area contributed by atoms with Crippen LogP contribution in [0.4, 0.5) is 19.0 Å². The smallest absolute Gasteiger partial charge is 0.354 e. The summed E-state index contributed by atoms with van der Waals surface area (Å²) in [5, 5.41) is 11.5. The first-order valence-corrected chi connectivity index (χ1v) is 8.38. The first-order valence-electron chi connectivity index (χ1n) is 8.38. The minimum atomic E-state index is -4.06. The number of halogens is 3. The number of alkyl halides is 3. The zero-order valence-corrected chi connectivity index (χ0v) is 13.1. The summed E-state index contributed by atoms with van der Waals surface area (Å²) in [6, 6.07) is 3.98. The molecule has 1 aromatic rings. The molecule has 7 heteroatoms. The van der Waals surface area contributed by atoms with Crippen LogP contribution in [-0.4, -0.2) is 41.5 Å². The van der Waals surface area contributed by atoms with Gasteiger partial charge in [-0.2, -0.15) is 18.3 Å². The molecule has 0 aromatic carbocycles. The Labute approximate surface area is 134 Å². The minimum Gasteiger partial charge on any atom is -0.354 e. The topological polar surface area (TPSA) is 41.0 Å².